The molecule has 0 saturated carbocycles. The highest BCUT2D eigenvalue weighted by Gasteiger charge is 2.33. The van der Waals surface area contributed by atoms with Crippen molar-refractivity contribution in [2.24, 2.45) is 0 Å². The van der Waals surface area contributed by atoms with Crippen LogP contribution in [0.25, 0.3) is 6.08 Å². The van der Waals surface area contributed by atoms with Crippen molar-refractivity contribution < 1.29 is 19.1 Å². The van der Waals surface area contributed by atoms with Gasteiger partial charge in [-0.05, 0) is 61.0 Å². The summed E-state index contributed by atoms with van der Waals surface area (Å²) in [6.45, 7) is 1.87. The lowest BCUT2D eigenvalue weighted by Crippen LogP contribution is -2.27. The number of carbonyl (C=O) groups excluding carboxylic acids is 2. The van der Waals surface area contributed by atoms with Gasteiger partial charge in [-0.25, -0.2) is 0 Å². The van der Waals surface area contributed by atoms with Crippen molar-refractivity contribution in [3.05, 3.63) is 87.8 Å². The molecule has 0 unspecified atom stereocenters. The average molecular weight is 525 g/mol. The van der Waals surface area contributed by atoms with Gasteiger partial charge in [0.15, 0.2) is 10.9 Å². The Morgan fingerprint density at radius 2 is 1.83 bits per heavy atom. The number of benzene rings is 3. The SMILES string of the molecule is COc1ccc(N2C(=O)/C(=C\c3ccc(OCC(=O)Nc4ccc(C)cc4)cc3)SC2=S)cc1Cl. The van der Waals surface area contributed by atoms with Gasteiger partial charge >= 0.3 is 0 Å². The smallest absolute Gasteiger partial charge is 0.270 e. The fourth-order valence-electron chi connectivity index (χ4n) is 3.28. The second kappa shape index (κ2) is 10.9. The first kappa shape index (κ1) is 24.8. The first-order valence-electron chi connectivity index (χ1n) is 10.5. The molecule has 0 bridgehead atoms. The second-order valence-corrected chi connectivity index (χ2v) is 9.69. The van der Waals surface area contributed by atoms with Gasteiger partial charge in [0.25, 0.3) is 11.8 Å². The van der Waals surface area contributed by atoms with E-state index < -0.39 is 0 Å². The summed E-state index contributed by atoms with van der Waals surface area (Å²) in [6, 6.07) is 19.7. The number of anilines is 2. The molecule has 0 radical (unpaired) electrons. The number of amides is 2. The second-order valence-electron chi connectivity index (χ2n) is 7.61. The van der Waals surface area contributed by atoms with Gasteiger partial charge in [-0.3, -0.25) is 14.5 Å². The molecule has 0 aromatic heterocycles. The van der Waals surface area contributed by atoms with Crippen molar-refractivity contribution in [1.82, 2.24) is 0 Å². The molecule has 1 fully saturated rings. The van der Waals surface area contributed by atoms with Crippen LogP contribution in [0.3, 0.4) is 0 Å². The number of nitrogens with one attached hydrogen (secondary N) is 1. The van der Waals surface area contributed by atoms with Crippen molar-refractivity contribution in [3.63, 3.8) is 0 Å². The molecule has 4 rings (SSSR count). The van der Waals surface area contributed by atoms with Crippen LogP contribution in [-0.4, -0.2) is 29.9 Å². The number of hydrogen-bond acceptors (Lipinski definition) is 6. The number of ether oxygens (including phenoxy) is 2. The molecule has 9 heteroatoms. The number of thioether (sulfide) groups is 1. The molecule has 1 aliphatic heterocycles. The Morgan fingerprint density at radius 1 is 1.11 bits per heavy atom. The third-order valence-corrected chi connectivity index (χ3v) is 6.67. The highest BCUT2D eigenvalue weighted by molar-refractivity contribution is 8.27. The lowest BCUT2D eigenvalue weighted by atomic mass is 10.2. The zero-order valence-electron chi connectivity index (χ0n) is 18.9. The number of rotatable bonds is 7. The van der Waals surface area contributed by atoms with Gasteiger partial charge in [0, 0.05) is 5.69 Å². The maximum atomic E-state index is 13.0. The molecule has 1 saturated heterocycles. The Bertz CT molecular complexity index is 1310. The summed E-state index contributed by atoms with van der Waals surface area (Å²) < 4.78 is 11.2. The summed E-state index contributed by atoms with van der Waals surface area (Å²) in [6.07, 6.45) is 1.76. The summed E-state index contributed by atoms with van der Waals surface area (Å²) in [5.74, 6) is 0.586. The van der Waals surface area contributed by atoms with E-state index in [2.05, 4.69) is 5.32 Å². The van der Waals surface area contributed by atoms with Gasteiger partial charge in [-0.15, -0.1) is 0 Å². The van der Waals surface area contributed by atoms with Gasteiger partial charge in [0.1, 0.15) is 11.5 Å². The van der Waals surface area contributed by atoms with Gasteiger partial charge < -0.3 is 14.8 Å². The molecule has 0 spiro atoms. The van der Waals surface area contributed by atoms with Gasteiger partial charge in [-0.2, -0.15) is 0 Å². The van der Waals surface area contributed by atoms with E-state index in [9.17, 15) is 9.59 Å². The van der Waals surface area contributed by atoms with Crippen LogP contribution in [0.15, 0.2) is 71.6 Å². The molecule has 178 valence electrons. The van der Waals surface area contributed by atoms with E-state index in [4.69, 9.17) is 33.3 Å². The molecule has 1 heterocycles. The summed E-state index contributed by atoms with van der Waals surface area (Å²) in [5.41, 5.74) is 3.21. The van der Waals surface area contributed by atoms with E-state index in [-0.39, 0.29) is 18.4 Å². The average Bonchev–Trinajstić information content (AvgIpc) is 3.12. The topological polar surface area (TPSA) is 67.9 Å². The maximum Gasteiger partial charge on any atom is 0.270 e. The van der Waals surface area contributed by atoms with Crippen LogP contribution < -0.4 is 19.7 Å². The normalized spacial score (nSPS) is 14.4. The minimum Gasteiger partial charge on any atom is -0.495 e. The van der Waals surface area contributed by atoms with Crippen molar-refractivity contribution >= 4 is 69.2 Å². The minimum atomic E-state index is -0.250. The van der Waals surface area contributed by atoms with E-state index in [1.165, 1.54) is 23.8 Å². The number of aryl methyl sites for hydroxylation is 1. The van der Waals surface area contributed by atoms with Gasteiger partial charge in [-0.1, -0.05) is 65.4 Å². The van der Waals surface area contributed by atoms with E-state index >= 15 is 0 Å². The van der Waals surface area contributed by atoms with E-state index in [0.29, 0.717) is 37.1 Å². The van der Waals surface area contributed by atoms with Crippen LogP contribution in [0, 0.1) is 6.92 Å². The third-order valence-electron chi connectivity index (χ3n) is 5.07. The standard InChI is InChI=1S/C26H21ClN2O4S2/c1-16-3-7-18(8-4-16)28-24(30)15-33-20-10-5-17(6-11-20)13-23-25(31)29(26(34)35-23)19-9-12-22(32-2)21(27)14-19/h3-14H,15H2,1-2H3,(H,28,30)/b23-13+. The van der Waals surface area contributed by atoms with E-state index in [1.807, 2.05) is 43.3 Å². The van der Waals surface area contributed by atoms with Crippen molar-refractivity contribution in [2.45, 2.75) is 6.92 Å². The highest BCUT2D eigenvalue weighted by atomic mass is 35.5. The Labute approximate surface area is 217 Å². The molecule has 1 N–H and O–H groups in total. The fraction of sp³-hybridized carbons (Fsp3) is 0.115. The monoisotopic (exact) mass is 524 g/mol. The quantitative estimate of drug-likeness (QED) is 0.298. The molecule has 0 atom stereocenters. The predicted molar refractivity (Wildman–Crippen MR) is 145 cm³/mol. The largest absolute Gasteiger partial charge is 0.495 e. The highest BCUT2D eigenvalue weighted by Crippen LogP contribution is 2.38. The summed E-state index contributed by atoms with van der Waals surface area (Å²) >= 11 is 12.9. The number of hydrogen-bond donors (Lipinski definition) is 1. The number of halogens is 1. The molecule has 35 heavy (non-hydrogen) atoms. The van der Waals surface area contributed by atoms with Crippen LogP contribution in [0.5, 0.6) is 11.5 Å². The zero-order valence-corrected chi connectivity index (χ0v) is 21.3. The number of nitrogens with zero attached hydrogens (tertiary/aromatic N) is 1. The summed E-state index contributed by atoms with van der Waals surface area (Å²) in [4.78, 5) is 27.1. The summed E-state index contributed by atoms with van der Waals surface area (Å²) in [5, 5.41) is 3.18. The van der Waals surface area contributed by atoms with Crippen LogP contribution in [0.4, 0.5) is 11.4 Å². The van der Waals surface area contributed by atoms with E-state index in [0.717, 1.165) is 11.1 Å². The predicted octanol–water partition coefficient (Wildman–Crippen LogP) is 6.08. The van der Waals surface area contributed by atoms with Crippen molar-refractivity contribution in [2.75, 3.05) is 23.9 Å². The Morgan fingerprint density at radius 3 is 2.49 bits per heavy atom. The molecule has 0 aliphatic carbocycles. The van der Waals surface area contributed by atoms with Crippen molar-refractivity contribution in [1.29, 1.82) is 0 Å². The first-order valence-corrected chi connectivity index (χ1v) is 12.1. The number of thiocarbonyl (C=S) groups is 1. The zero-order chi connectivity index (χ0) is 24.9. The van der Waals surface area contributed by atoms with Crippen LogP contribution in [-0.2, 0) is 9.59 Å². The van der Waals surface area contributed by atoms with Crippen LogP contribution in [0.1, 0.15) is 11.1 Å². The van der Waals surface area contributed by atoms with Crippen molar-refractivity contribution in [3.8, 4) is 11.5 Å². The lowest BCUT2D eigenvalue weighted by Gasteiger charge is -2.15. The van der Waals surface area contributed by atoms with E-state index in [1.54, 1.807) is 36.4 Å². The Hall–Kier alpha value is -3.33. The lowest BCUT2D eigenvalue weighted by molar-refractivity contribution is -0.118. The molecule has 6 nitrogen and oxygen atoms in total. The number of carbonyl (C=O) groups is 2. The van der Waals surface area contributed by atoms with Crippen LogP contribution >= 0.6 is 35.6 Å². The first-order chi connectivity index (χ1) is 16.8. The number of methoxy groups -OCH3 is 1. The molecular weight excluding hydrogens is 504 g/mol. The Balaban J connectivity index is 1.38. The van der Waals surface area contributed by atoms with Gasteiger partial charge in [0.05, 0.1) is 22.7 Å². The summed E-state index contributed by atoms with van der Waals surface area (Å²) in [7, 11) is 1.53. The molecule has 3 aromatic rings. The Kier molecular flexibility index (Phi) is 7.75. The molecule has 2 amide bonds. The minimum absolute atomic E-state index is 0.115. The molecule has 3 aromatic carbocycles. The molecular formula is C26H21ClN2O4S2. The maximum absolute atomic E-state index is 13.0. The van der Waals surface area contributed by atoms with Crippen LogP contribution in [0.2, 0.25) is 5.02 Å². The fourth-order valence-corrected chi connectivity index (χ4v) is 4.83. The third kappa shape index (κ3) is 6.03. The van der Waals surface area contributed by atoms with Gasteiger partial charge in [0.2, 0.25) is 0 Å². The molecule has 1 aliphatic rings.